The van der Waals surface area contributed by atoms with Gasteiger partial charge in [-0.3, -0.25) is 9.36 Å². The van der Waals surface area contributed by atoms with E-state index in [1.54, 1.807) is 16.3 Å². The van der Waals surface area contributed by atoms with Crippen molar-refractivity contribution in [2.45, 2.75) is 30.8 Å². The van der Waals surface area contributed by atoms with Gasteiger partial charge in [0.25, 0.3) is 0 Å². The third kappa shape index (κ3) is 2.75. The monoisotopic (exact) mass is 320 g/mol. The second-order valence-electron chi connectivity index (χ2n) is 5.05. The van der Waals surface area contributed by atoms with E-state index in [4.69, 9.17) is 0 Å². The van der Waals surface area contributed by atoms with Crippen LogP contribution in [-0.4, -0.2) is 24.6 Å². The quantitative estimate of drug-likeness (QED) is 0.694. The third-order valence-corrected chi connectivity index (χ3v) is 5.14. The molecule has 110 valence electrons. The lowest BCUT2D eigenvalue weighted by Crippen LogP contribution is -2.16. The molecule has 0 spiro atoms. The summed E-state index contributed by atoms with van der Waals surface area (Å²) in [6, 6.07) is 7.83. The molecule has 3 aromatic rings. The van der Waals surface area contributed by atoms with Crippen LogP contribution in [0, 0.1) is 0 Å². The summed E-state index contributed by atoms with van der Waals surface area (Å²) < 4.78 is 4.72. The molecule has 0 unspecified atom stereocenters. The van der Waals surface area contributed by atoms with Gasteiger partial charge >= 0.3 is 4.87 Å². The number of thiazole rings is 1. The van der Waals surface area contributed by atoms with E-state index in [0.717, 1.165) is 21.2 Å². The van der Waals surface area contributed by atoms with Crippen LogP contribution in [0.2, 0.25) is 0 Å². The molecule has 0 aliphatic rings. The van der Waals surface area contributed by atoms with Crippen molar-refractivity contribution in [1.29, 1.82) is 0 Å². The minimum Gasteiger partial charge on any atom is -0.308 e. The van der Waals surface area contributed by atoms with Crippen LogP contribution >= 0.6 is 23.1 Å². The van der Waals surface area contributed by atoms with Crippen molar-refractivity contribution in [1.82, 2.24) is 19.3 Å². The summed E-state index contributed by atoms with van der Waals surface area (Å²) in [5.74, 6) is 0.795. The minimum absolute atomic E-state index is 0.0391. The Labute approximate surface area is 130 Å². The number of hydrogen-bond acceptors (Lipinski definition) is 5. The van der Waals surface area contributed by atoms with Crippen LogP contribution in [0.15, 0.2) is 34.2 Å². The Morgan fingerprint density at radius 2 is 2.05 bits per heavy atom. The topological polar surface area (TPSA) is 52.7 Å². The van der Waals surface area contributed by atoms with Crippen molar-refractivity contribution < 1.29 is 0 Å². The molecule has 0 amide bonds. The summed E-state index contributed by atoms with van der Waals surface area (Å²) in [5.41, 5.74) is 0.952. The molecule has 2 aromatic heterocycles. The van der Waals surface area contributed by atoms with Gasteiger partial charge in [-0.1, -0.05) is 49.1 Å². The number of aromatic nitrogens is 4. The molecule has 0 aliphatic carbocycles. The lowest BCUT2D eigenvalue weighted by molar-refractivity contribution is 0.681. The molecular weight excluding hydrogens is 304 g/mol. The molecule has 0 saturated heterocycles. The highest BCUT2D eigenvalue weighted by Crippen LogP contribution is 2.22. The molecule has 0 saturated carbocycles. The Hall–Kier alpha value is -1.60. The van der Waals surface area contributed by atoms with Crippen molar-refractivity contribution in [2.24, 2.45) is 7.05 Å². The fourth-order valence-electron chi connectivity index (χ4n) is 2.10. The highest BCUT2D eigenvalue weighted by atomic mass is 32.2. The highest BCUT2D eigenvalue weighted by molar-refractivity contribution is 7.99. The first kappa shape index (κ1) is 14.3. The molecule has 0 bridgehead atoms. The second-order valence-corrected chi connectivity index (χ2v) is 7.58. The fraction of sp³-hybridized carbons (Fsp3) is 0.357. The summed E-state index contributed by atoms with van der Waals surface area (Å²) in [6.07, 6.45) is 0. The first-order chi connectivity index (χ1) is 10.1. The lowest BCUT2D eigenvalue weighted by atomic mass is 10.3. The van der Waals surface area contributed by atoms with Gasteiger partial charge in [0.1, 0.15) is 0 Å². The van der Waals surface area contributed by atoms with Gasteiger partial charge in [0, 0.05) is 12.3 Å². The summed E-state index contributed by atoms with van der Waals surface area (Å²) in [4.78, 5) is 12.2. The van der Waals surface area contributed by atoms with Gasteiger partial charge in [0.2, 0.25) is 0 Å². The molecule has 1 aromatic carbocycles. The molecule has 0 aliphatic heterocycles. The maximum absolute atomic E-state index is 12.2. The van der Waals surface area contributed by atoms with Crippen LogP contribution in [-0.2, 0) is 13.6 Å². The van der Waals surface area contributed by atoms with Gasteiger partial charge in [-0.15, -0.1) is 10.2 Å². The van der Waals surface area contributed by atoms with Crippen LogP contribution in [0.4, 0.5) is 0 Å². The molecule has 2 heterocycles. The molecule has 0 atom stereocenters. The minimum atomic E-state index is 0.0391. The van der Waals surface area contributed by atoms with Gasteiger partial charge in [-0.2, -0.15) is 0 Å². The average molecular weight is 320 g/mol. The molecule has 0 N–H and O–H groups in total. The smallest absolute Gasteiger partial charge is 0.308 e. The normalized spacial score (nSPS) is 11.6. The number of fused-ring (bicyclic) bond motifs is 1. The summed E-state index contributed by atoms with van der Waals surface area (Å²) in [5, 5.41) is 9.77. The maximum atomic E-state index is 12.2. The highest BCUT2D eigenvalue weighted by Gasteiger charge is 2.14. The molecule has 7 heteroatoms. The number of hydrogen-bond donors (Lipinski definition) is 0. The molecule has 5 nitrogen and oxygen atoms in total. The van der Waals surface area contributed by atoms with Gasteiger partial charge < -0.3 is 4.57 Å². The van der Waals surface area contributed by atoms with Crippen LogP contribution in [0.25, 0.3) is 10.2 Å². The third-order valence-electron chi connectivity index (χ3n) is 3.14. The van der Waals surface area contributed by atoms with Crippen molar-refractivity contribution in [2.75, 3.05) is 0 Å². The summed E-state index contributed by atoms with van der Waals surface area (Å²) >= 11 is 2.94. The molecular formula is C14H16N4OS2. The van der Waals surface area contributed by atoms with Crippen LogP contribution in [0.5, 0.6) is 0 Å². The first-order valence-corrected chi connectivity index (χ1v) is 8.39. The molecule has 0 fully saturated rings. The van der Waals surface area contributed by atoms with E-state index in [0.29, 0.717) is 11.8 Å². The number of para-hydroxylation sites is 1. The predicted octanol–water partition coefficient (Wildman–Crippen LogP) is 2.74. The van der Waals surface area contributed by atoms with Crippen molar-refractivity contribution >= 4 is 33.3 Å². The van der Waals surface area contributed by atoms with Crippen molar-refractivity contribution in [3.8, 4) is 0 Å². The lowest BCUT2D eigenvalue weighted by Gasteiger charge is -2.06. The zero-order valence-corrected chi connectivity index (χ0v) is 13.7. The Morgan fingerprint density at radius 1 is 1.29 bits per heavy atom. The van der Waals surface area contributed by atoms with E-state index in [2.05, 4.69) is 24.0 Å². The van der Waals surface area contributed by atoms with E-state index >= 15 is 0 Å². The predicted molar refractivity (Wildman–Crippen MR) is 87.2 cm³/mol. The Bertz CT molecular complexity index is 831. The average Bonchev–Trinajstić information content (AvgIpc) is 2.93. The first-order valence-electron chi connectivity index (χ1n) is 6.69. The number of rotatable bonds is 4. The van der Waals surface area contributed by atoms with Gasteiger partial charge in [-0.25, -0.2) is 0 Å². The van der Waals surface area contributed by atoms with E-state index < -0.39 is 0 Å². The van der Waals surface area contributed by atoms with E-state index in [1.807, 2.05) is 35.9 Å². The van der Waals surface area contributed by atoms with Crippen molar-refractivity contribution in [3.05, 3.63) is 39.8 Å². The van der Waals surface area contributed by atoms with Crippen LogP contribution in [0.3, 0.4) is 0 Å². The Morgan fingerprint density at radius 3 is 2.81 bits per heavy atom. The zero-order valence-electron chi connectivity index (χ0n) is 12.1. The molecule has 3 rings (SSSR count). The number of thioether (sulfide) groups is 1. The van der Waals surface area contributed by atoms with Crippen LogP contribution in [0.1, 0.15) is 19.7 Å². The van der Waals surface area contributed by atoms with E-state index in [9.17, 15) is 4.79 Å². The SMILES string of the molecule is CC(C)Sc1nnc(Cn2c(=O)sc3ccccc32)n1C. The van der Waals surface area contributed by atoms with E-state index in [1.165, 1.54) is 11.3 Å². The Balaban J connectivity index is 1.98. The summed E-state index contributed by atoms with van der Waals surface area (Å²) in [6.45, 7) is 4.69. The van der Waals surface area contributed by atoms with Crippen molar-refractivity contribution in [3.63, 3.8) is 0 Å². The standard InChI is InChI=1S/C14H16N4OS2/c1-9(2)20-13-16-15-12(17(13)3)8-18-10-6-4-5-7-11(10)21-14(18)19/h4-7,9H,8H2,1-3H3. The van der Waals surface area contributed by atoms with Gasteiger partial charge in [0.15, 0.2) is 11.0 Å². The Kier molecular flexibility index (Phi) is 3.86. The fourth-order valence-corrected chi connectivity index (χ4v) is 3.77. The zero-order chi connectivity index (χ0) is 15.0. The van der Waals surface area contributed by atoms with Crippen LogP contribution < -0.4 is 4.87 Å². The molecule has 0 radical (unpaired) electrons. The summed E-state index contributed by atoms with van der Waals surface area (Å²) in [7, 11) is 1.94. The van der Waals surface area contributed by atoms with E-state index in [-0.39, 0.29) is 4.87 Å². The number of nitrogens with zero attached hydrogens (tertiary/aromatic N) is 4. The maximum Gasteiger partial charge on any atom is 0.308 e. The second kappa shape index (κ2) is 5.65. The molecule has 21 heavy (non-hydrogen) atoms. The largest absolute Gasteiger partial charge is 0.308 e. The van der Waals surface area contributed by atoms with Gasteiger partial charge in [0.05, 0.1) is 16.8 Å². The number of benzene rings is 1. The van der Waals surface area contributed by atoms with Gasteiger partial charge in [-0.05, 0) is 12.1 Å².